The van der Waals surface area contributed by atoms with Crippen molar-refractivity contribution in [3.63, 3.8) is 0 Å². The van der Waals surface area contributed by atoms with Gasteiger partial charge in [-0.2, -0.15) is 0 Å². The van der Waals surface area contributed by atoms with Gasteiger partial charge in [-0.05, 0) is 93.7 Å². The van der Waals surface area contributed by atoms with E-state index in [0.29, 0.717) is 6.42 Å². The van der Waals surface area contributed by atoms with E-state index in [9.17, 15) is 4.79 Å². The monoisotopic (exact) mass is 341 g/mol. The first-order valence-electron chi connectivity index (χ1n) is 10.0. The van der Waals surface area contributed by atoms with Crippen molar-refractivity contribution in [1.82, 2.24) is 5.32 Å². The predicted molar refractivity (Wildman–Crippen MR) is 99.7 cm³/mol. The van der Waals surface area contributed by atoms with E-state index in [4.69, 9.17) is 4.74 Å². The number of nitrogens with one attached hydrogen (secondary N) is 1. The summed E-state index contributed by atoms with van der Waals surface area (Å²) >= 11 is 0. The van der Waals surface area contributed by atoms with Crippen LogP contribution in [0.2, 0.25) is 0 Å². The molecule has 0 saturated heterocycles. The van der Waals surface area contributed by atoms with Gasteiger partial charge in [-0.15, -0.1) is 0 Å². The van der Waals surface area contributed by atoms with Crippen LogP contribution in [0.5, 0.6) is 5.75 Å². The van der Waals surface area contributed by atoms with Crippen molar-refractivity contribution in [2.24, 2.45) is 17.8 Å². The van der Waals surface area contributed by atoms with Crippen LogP contribution in [0.25, 0.3) is 0 Å². The minimum absolute atomic E-state index is 0.0598. The first-order chi connectivity index (χ1) is 12.0. The lowest BCUT2D eigenvalue weighted by Gasteiger charge is -2.57. The fraction of sp³-hybridized carbons (Fsp3) is 0.682. The first-order valence-corrected chi connectivity index (χ1v) is 10.0. The van der Waals surface area contributed by atoms with Crippen LogP contribution in [0.4, 0.5) is 0 Å². The zero-order valence-corrected chi connectivity index (χ0v) is 15.8. The van der Waals surface area contributed by atoms with E-state index in [1.54, 1.807) is 0 Å². The van der Waals surface area contributed by atoms with Crippen molar-refractivity contribution in [2.45, 2.75) is 77.4 Å². The van der Waals surface area contributed by atoms with Gasteiger partial charge in [0.05, 0.1) is 0 Å². The van der Waals surface area contributed by atoms with Gasteiger partial charge in [0.25, 0.3) is 5.91 Å². The van der Waals surface area contributed by atoms with Gasteiger partial charge in [-0.25, -0.2) is 0 Å². The van der Waals surface area contributed by atoms with Crippen molar-refractivity contribution < 1.29 is 9.53 Å². The Bertz CT molecular complexity index is 631. The van der Waals surface area contributed by atoms with Crippen LogP contribution in [0.3, 0.4) is 0 Å². The second-order valence-electron chi connectivity index (χ2n) is 8.90. The molecule has 4 aliphatic carbocycles. The molecule has 136 valence electrons. The highest BCUT2D eigenvalue weighted by Gasteiger charge is 2.51. The molecule has 3 heteroatoms. The summed E-state index contributed by atoms with van der Waals surface area (Å²) in [4.78, 5) is 13.0. The maximum Gasteiger partial charge on any atom is 0.261 e. The summed E-state index contributed by atoms with van der Waals surface area (Å²) in [5.74, 6) is 3.45. The largest absolute Gasteiger partial charge is 0.480 e. The standard InChI is InChI=1S/C22H31NO2/c1-4-19(25-20-7-5-6-14(2)15(20)3)21(24)23-22-11-16-8-17(12-22)10-18(9-16)13-22/h5-7,16-19H,4,8-13H2,1-3H3,(H,23,24)/t16?,17?,18?,19-,22?/m1/s1. The summed E-state index contributed by atoms with van der Waals surface area (Å²) in [7, 11) is 0. The van der Waals surface area contributed by atoms with Gasteiger partial charge < -0.3 is 10.1 Å². The first kappa shape index (κ1) is 16.9. The molecule has 1 aromatic rings. The molecular formula is C22H31NO2. The SMILES string of the molecule is CC[C@@H](Oc1cccc(C)c1C)C(=O)NC12CC3CC(CC(C3)C1)C2. The molecule has 0 unspecified atom stereocenters. The van der Waals surface area contributed by atoms with E-state index in [1.165, 1.54) is 44.1 Å². The number of benzene rings is 1. The van der Waals surface area contributed by atoms with Crippen LogP contribution < -0.4 is 10.1 Å². The maximum atomic E-state index is 13.0. The zero-order valence-electron chi connectivity index (χ0n) is 15.8. The van der Waals surface area contributed by atoms with Crippen molar-refractivity contribution in [2.75, 3.05) is 0 Å². The number of carbonyl (C=O) groups is 1. The fourth-order valence-corrected chi connectivity index (χ4v) is 5.93. The maximum absolute atomic E-state index is 13.0. The molecule has 4 bridgehead atoms. The summed E-state index contributed by atoms with van der Waals surface area (Å²) in [6, 6.07) is 6.06. The van der Waals surface area contributed by atoms with E-state index in [1.807, 2.05) is 19.1 Å². The van der Waals surface area contributed by atoms with Crippen LogP contribution in [0, 0.1) is 31.6 Å². The van der Waals surface area contributed by atoms with Gasteiger partial charge in [0.15, 0.2) is 6.10 Å². The molecule has 5 rings (SSSR count). The molecule has 1 amide bonds. The molecule has 4 aliphatic rings. The Hall–Kier alpha value is -1.51. The number of carbonyl (C=O) groups excluding carboxylic acids is 1. The second kappa shape index (κ2) is 6.34. The smallest absolute Gasteiger partial charge is 0.261 e. The van der Waals surface area contributed by atoms with Crippen molar-refractivity contribution in [3.05, 3.63) is 29.3 Å². The summed E-state index contributed by atoms with van der Waals surface area (Å²) in [6.45, 7) is 6.18. The third-order valence-corrected chi connectivity index (χ3v) is 6.91. The van der Waals surface area contributed by atoms with Gasteiger partial charge in [0.2, 0.25) is 0 Å². The Morgan fingerprint density at radius 1 is 1.16 bits per heavy atom. The van der Waals surface area contributed by atoms with E-state index in [2.05, 4.69) is 25.2 Å². The van der Waals surface area contributed by atoms with Crippen LogP contribution in [0.1, 0.15) is 63.0 Å². The van der Waals surface area contributed by atoms with Crippen LogP contribution in [0.15, 0.2) is 18.2 Å². The van der Waals surface area contributed by atoms with Crippen molar-refractivity contribution >= 4 is 5.91 Å². The third-order valence-electron chi connectivity index (χ3n) is 6.91. The second-order valence-corrected chi connectivity index (χ2v) is 8.90. The molecule has 0 aliphatic heterocycles. The van der Waals surface area contributed by atoms with Gasteiger partial charge in [0.1, 0.15) is 5.75 Å². The minimum Gasteiger partial charge on any atom is -0.480 e. The Morgan fingerprint density at radius 2 is 1.76 bits per heavy atom. The van der Waals surface area contributed by atoms with Crippen LogP contribution in [-0.2, 0) is 4.79 Å². The molecule has 1 aromatic carbocycles. The minimum atomic E-state index is -0.395. The summed E-state index contributed by atoms with van der Waals surface area (Å²) in [5.41, 5.74) is 2.39. The normalized spacial score (nSPS) is 34.0. The lowest BCUT2D eigenvalue weighted by Crippen LogP contribution is -2.61. The number of rotatable bonds is 5. The lowest BCUT2D eigenvalue weighted by molar-refractivity contribution is -0.134. The highest BCUT2D eigenvalue weighted by Crippen LogP contribution is 2.55. The highest BCUT2D eigenvalue weighted by atomic mass is 16.5. The molecule has 0 radical (unpaired) electrons. The molecular weight excluding hydrogens is 310 g/mol. The Labute approximate surface area is 151 Å². The number of hydrogen-bond donors (Lipinski definition) is 1. The molecule has 0 heterocycles. The molecule has 1 atom stereocenters. The molecule has 3 nitrogen and oxygen atoms in total. The van der Waals surface area contributed by atoms with Gasteiger partial charge in [-0.3, -0.25) is 4.79 Å². The Morgan fingerprint density at radius 3 is 2.32 bits per heavy atom. The number of amides is 1. The van der Waals surface area contributed by atoms with Gasteiger partial charge in [0, 0.05) is 5.54 Å². The lowest BCUT2D eigenvalue weighted by atomic mass is 9.53. The fourth-order valence-electron chi connectivity index (χ4n) is 5.93. The van der Waals surface area contributed by atoms with E-state index in [0.717, 1.165) is 29.1 Å². The summed E-state index contributed by atoms with van der Waals surface area (Å²) in [5, 5.41) is 3.47. The van der Waals surface area contributed by atoms with Gasteiger partial charge >= 0.3 is 0 Å². The number of ether oxygens (including phenoxy) is 1. The average Bonchev–Trinajstić information content (AvgIpc) is 2.54. The number of aryl methyl sites for hydroxylation is 1. The predicted octanol–water partition coefficient (Wildman–Crippen LogP) is 4.55. The average molecular weight is 341 g/mol. The molecule has 1 N–H and O–H groups in total. The van der Waals surface area contributed by atoms with E-state index >= 15 is 0 Å². The van der Waals surface area contributed by atoms with Crippen molar-refractivity contribution in [1.29, 1.82) is 0 Å². The zero-order chi connectivity index (χ0) is 17.6. The summed E-state index contributed by atoms with van der Waals surface area (Å²) in [6.07, 6.45) is 8.04. The van der Waals surface area contributed by atoms with E-state index < -0.39 is 6.10 Å². The Kier molecular flexibility index (Phi) is 4.29. The molecule has 4 saturated carbocycles. The van der Waals surface area contributed by atoms with Crippen molar-refractivity contribution in [3.8, 4) is 5.75 Å². The quantitative estimate of drug-likeness (QED) is 0.853. The van der Waals surface area contributed by atoms with Gasteiger partial charge in [-0.1, -0.05) is 19.1 Å². The molecule has 0 spiro atoms. The van der Waals surface area contributed by atoms with Crippen LogP contribution >= 0.6 is 0 Å². The topological polar surface area (TPSA) is 38.3 Å². The molecule has 25 heavy (non-hydrogen) atoms. The third kappa shape index (κ3) is 3.18. The van der Waals surface area contributed by atoms with E-state index in [-0.39, 0.29) is 11.4 Å². The Balaban J connectivity index is 1.47. The number of hydrogen-bond acceptors (Lipinski definition) is 2. The molecule has 0 aromatic heterocycles. The van der Waals surface area contributed by atoms with Crippen LogP contribution in [-0.4, -0.2) is 17.6 Å². The molecule has 4 fully saturated rings. The highest BCUT2D eigenvalue weighted by molar-refractivity contribution is 5.82. The summed E-state index contributed by atoms with van der Waals surface area (Å²) < 4.78 is 6.14.